The fourth-order valence-electron chi connectivity index (χ4n) is 1.96. The first-order valence-electron chi connectivity index (χ1n) is 9.37. The fourth-order valence-corrected chi connectivity index (χ4v) is 1.96. The van der Waals surface area contributed by atoms with Gasteiger partial charge in [-0.2, -0.15) is 0 Å². The van der Waals surface area contributed by atoms with Crippen LogP contribution in [-0.2, 0) is 23.9 Å². The Balaban J connectivity index is 0. The van der Waals surface area contributed by atoms with E-state index in [4.69, 9.17) is 14.6 Å². The maximum Gasteiger partial charge on any atom is 0.306 e. The average Bonchev–Trinajstić information content (AvgIpc) is 2.57. The van der Waals surface area contributed by atoms with E-state index in [2.05, 4.69) is 20.8 Å². The van der Waals surface area contributed by atoms with Crippen LogP contribution in [0.25, 0.3) is 0 Å². The van der Waals surface area contributed by atoms with Gasteiger partial charge in [-0.3, -0.25) is 14.4 Å². The molecule has 0 saturated heterocycles. The molecule has 6 nitrogen and oxygen atoms in total. The van der Waals surface area contributed by atoms with Crippen molar-refractivity contribution >= 4 is 17.9 Å². The van der Waals surface area contributed by atoms with E-state index >= 15 is 0 Å². The van der Waals surface area contributed by atoms with Crippen LogP contribution in [0.3, 0.4) is 0 Å². The Morgan fingerprint density at radius 3 is 2.04 bits per heavy atom. The van der Waals surface area contributed by atoms with Gasteiger partial charge in [0.15, 0.2) is 0 Å². The molecule has 1 unspecified atom stereocenters. The highest BCUT2D eigenvalue weighted by atomic mass is 16.5. The lowest BCUT2D eigenvalue weighted by Gasteiger charge is -2.14. The number of carboxylic acid groups (broad SMARTS) is 1. The molecular formula is C19H36O6. The fraction of sp³-hybridized carbons (Fsp3) is 0.842. The second-order valence-corrected chi connectivity index (χ2v) is 6.04. The van der Waals surface area contributed by atoms with Crippen molar-refractivity contribution in [1.29, 1.82) is 0 Å². The summed E-state index contributed by atoms with van der Waals surface area (Å²) in [6.45, 7) is 8.77. The summed E-state index contributed by atoms with van der Waals surface area (Å²) < 4.78 is 9.75. The third kappa shape index (κ3) is 22.4. The van der Waals surface area contributed by atoms with Crippen LogP contribution in [-0.4, -0.2) is 36.2 Å². The van der Waals surface area contributed by atoms with Crippen LogP contribution in [0.4, 0.5) is 0 Å². The highest BCUT2D eigenvalue weighted by molar-refractivity contribution is 5.76. The molecule has 148 valence electrons. The van der Waals surface area contributed by atoms with Crippen LogP contribution >= 0.6 is 0 Å². The van der Waals surface area contributed by atoms with Gasteiger partial charge in [0.2, 0.25) is 0 Å². The van der Waals surface area contributed by atoms with Crippen LogP contribution in [0.1, 0.15) is 85.5 Å². The molecule has 0 amide bonds. The number of ether oxygens (including phenoxy) is 2. The van der Waals surface area contributed by atoms with E-state index < -0.39 is 11.9 Å². The Hall–Kier alpha value is -1.59. The molecule has 0 bridgehead atoms. The second-order valence-electron chi connectivity index (χ2n) is 6.04. The van der Waals surface area contributed by atoms with Gasteiger partial charge < -0.3 is 14.6 Å². The summed E-state index contributed by atoms with van der Waals surface area (Å²) in [6.07, 6.45) is 7.48. The Kier molecular flexibility index (Phi) is 19.2. The quantitative estimate of drug-likeness (QED) is 0.388. The minimum atomic E-state index is -0.963. The van der Waals surface area contributed by atoms with Gasteiger partial charge in [0, 0.05) is 6.92 Å². The number of carbonyl (C=O) groups is 3. The van der Waals surface area contributed by atoms with E-state index in [1.807, 2.05) is 0 Å². The summed E-state index contributed by atoms with van der Waals surface area (Å²) in [7, 11) is 0. The Morgan fingerprint density at radius 2 is 1.56 bits per heavy atom. The van der Waals surface area contributed by atoms with Gasteiger partial charge in [0.05, 0.1) is 26.1 Å². The highest BCUT2D eigenvalue weighted by Gasteiger charge is 2.11. The minimum Gasteiger partial charge on any atom is -0.481 e. The maximum atomic E-state index is 11.2. The lowest BCUT2D eigenvalue weighted by atomic mass is 10.0. The maximum absolute atomic E-state index is 11.2. The molecule has 0 aliphatic carbocycles. The molecule has 1 N–H and O–H groups in total. The van der Waals surface area contributed by atoms with Crippen molar-refractivity contribution in [2.24, 2.45) is 5.92 Å². The topological polar surface area (TPSA) is 89.9 Å². The van der Waals surface area contributed by atoms with Crippen LogP contribution in [0.2, 0.25) is 0 Å². The van der Waals surface area contributed by atoms with Gasteiger partial charge >= 0.3 is 17.9 Å². The lowest BCUT2D eigenvalue weighted by Crippen LogP contribution is -2.14. The summed E-state index contributed by atoms with van der Waals surface area (Å²) >= 11 is 0. The standard InChI is InChI=1S/C12H22O4.C7H14O2/c1-3-5-6-10(4-2)9-16-12(15)8-7-11(13)14;1-3-4-5-6-9-7(2)8/h10H,3-9H2,1-2H3,(H,13,14);3-6H2,1-2H3. The van der Waals surface area contributed by atoms with E-state index in [1.165, 1.54) is 13.3 Å². The first kappa shape index (κ1) is 25.6. The summed E-state index contributed by atoms with van der Waals surface area (Å²) in [5.74, 6) is -1.13. The van der Waals surface area contributed by atoms with Crippen molar-refractivity contribution in [3.63, 3.8) is 0 Å². The number of rotatable bonds is 13. The van der Waals surface area contributed by atoms with Crippen LogP contribution < -0.4 is 0 Å². The van der Waals surface area contributed by atoms with E-state index in [-0.39, 0.29) is 18.8 Å². The molecule has 0 rings (SSSR count). The lowest BCUT2D eigenvalue weighted by molar-refractivity contribution is -0.148. The molecule has 0 fully saturated rings. The van der Waals surface area contributed by atoms with Crippen LogP contribution in [0, 0.1) is 5.92 Å². The molecule has 0 aliphatic heterocycles. The number of hydrogen-bond donors (Lipinski definition) is 1. The SMILES string of the molecule is CCCCC(CC)COC(=O)CCC(=O)O.CCCCCOC(C)=O. The molecule has 0 saturated carbocycles. The van der Waals surface area contributed by atoms with Gasteiger partial charge in [0.1, 0.15) is 0 Å². The first-order valence-corrected chi connectivity index (χ1v) is 9.37. The van der Waals surface area contributed by atoms with Gasteiger partial charge in [-0.15, -0.1) is 0 Å². The zero-order valence-corrected chi connectivity index (χ0v) is 16.3. The number of hydrogen-bond acceptors (Lipinski definition) is 5. The highest BCUT2D eigenvalue weighted by Crippen LogP contribution is 2.13. The van der Waals surface area contributed by atoms with Crippen LogP contribution in [0.15, 0.2) is 0 Å². The average molecular weight is 360 g/mol. The van der Waals surface area contributed by atoms with Gasteiger partial charge in [-0.1, -0.05) is 52.9 Å². The molecule has 25 heavy (non-hydrogen) atoms. The molecule has 0 radical (unpaired) electrons. The van der Waals surface area contributed by atoms with E-state index in [0.29, 0.717) is 19.1 Å². The van der Waals surface area contributed by atoms with Crippen molar-refractivity contribution in [3.05, 3.63) is 0 Å². The van der Waals surface area contributed by atoms with Crippen molar-refractivity contribution in [2.45, 2.75) is 85.5 Å². The van der Waals surface area contributed by atoms with E-state index in [1.54, 1.807) is 0 Å². The van der Waals surface area contributed by atoms with E-state index in [9.17, 15) is 14.4 Å². The molecule has 0 spiro atoms. The smallest absolute Gasteiger partial charge is 0.306 e. The third-order valence-electron chi connectivity index (χ3n) is 3.62. The van der Waals surface area contributed by atoms with Gasteiger partial charge in [0.25, 0.3) is 0 Å². The zero-order valence-electron chi connectivity index (χ0n) is 16.3. The Bertz CT molecular complexity index is 354. The summed E-state index contributed by atoms with van der Waals surface area (Å²) in [4.78, 5) is 31.6. The monoisotopic (exact) mass is 360 g/mol. The molecule has 0 aromatic carbocycles. The summed E-state index contributed by atoms with van der Waals surface area (Å²) in [5, 5.41) is 8.39. The molecule has 0 aromatic rings. The molecule has 6 heteroatoms. The number of unbranched alkanes of at least 4 members (excludes halogenated alkanes) is 3. The van der Waals surface area contributed by atoms with Crippen molar-refractivity contribution < 1.29 is 29.0 Å². The number of aliphatic carboxylic acids is 1. The number of esters is 2. The van der Waals surface area contributed by atoms with Crippen LogP contribution in [0.5, 0.6) is 0 Å². The predicted octanol–water partition coefficient (Wildman–Crippen LogP) is 4.35. The molecule has 1 atom stereocenters. The van der Waals surface area contributed by atoms with Gasteiger partial charge in [-0.05, 0) is 18.8 Å². The zero-order chi connectivity index (χ0) is 19.5. The number of carbonyl (C=O) groups excluding carboxylic acids is 2. The molecular weight excluding hydrogens is 324 g/mol. The third-order valence-corrected chi connectivity index (χ3v) is 3.62. The summed E-state index contributed by atoms with van der Waals surface area (Å²) in [5.41, 5.74) is 0. The predicted molar refractivity (Wildman–Crippen MR) is 97.3 cm³/mol. The van der Waals surface area contributed by atoms with Crippen molar-refractivity contribution in [3.8, 4) is 0 Å². The largest absolute Gasteiger partial charge is 0.481 e. The summed E-state index contributed by atoms with van der Waals surface area (Å²) in [6, 6.07) is 0. The molecule has 0 aliphatic rings. The number of carboxylic acids is 1. The Morgan fingerprint density at radius 1 is 0.920 bits per heavy atom. The molecule has 0 heterocycles. The van der Waals surface area contributed by atoms with Crippen molar-refractivity contribution in [1.82, 2.24) is 0 Å². The molecule has 0 aromatic heterocycles. The van der Waals surface area contributed by atoms with Crippen molar-refractivity contribution in [2.75, 3.05) is 13.2 Å². The van der Waals surface area contributed by atoms with Gasteiger partial charge in [-0.25, -0.2) is 0 Å². The normalized spacial score (nSPS) is 11.0. The Labute approximate surface area is 152 Å². The first-order chi connectivity index (χ1) is 11.9. The minimum absolute atomic E-state index is 0.0282. The van der Waals surface area contributed by atoms with E-state index in [0.717, 1.165) is 38.5 Å². The second kappa shape index (κ2) is 18.7.